The molecule has 0 atom stereocenters. The van der Waals surface area contributed by atoms with E-state index < -0.39 is 11.8 Å². The number of benzene rings is 6. The van der Waals surface area contributed by atoms with Gasteiger partial charge in [0, 0.05) is 35.4 Å². The number of hydrogen-bond acceptors (Lipinski definition) is 2. The van der Waals surface area contributed by atoms with Gasteiger partial charge < -0.3 is 8.83 Å². The second kappa shape index (κ2) is 12.5. The fourth-order valence-electron chi connectivity index (χ4n) is 8.53. The Morgan fingerprint density at radius 3 is 2.09 bits per heavy atom. The fraction of sp³-hybridized carbons (Fsp3) is 0.260. The maximum atomic E-state index is 9.03. The quantitative estimate of drug-likeness (QED) is 0.161. The number of imidazole rings is 1. The van der Waals surface area contributed by atoms with Crippen LogP contribution in [-0.4, -0.2) is 4.57 Å². The number of fused-ring (bicyclic) bond motifs is 7. The molecule has 6 aromatic carbocycles. The minimum absolute atomic E-state index is 0.103. The third-order valence-corrected chi connectivity index (χ3v) is 10.9. The van der Waals surface area contributed by atoms with Crippen molar-refractivity contribution >= 4 is 54.9 Å². The molecule has 0 unspecified atom stereocenters. The van der Waals surface area contributed by atoms with Crippen molar-refractivity contribution in [3.63, 3.8) is 0 Å². The molecule has 0 saturated heterocycles. The van der Waals surface area contributed by atoms with Gasteiger partial charge in [0.1, 0.15) is 28.0 Å². The smallest absolute Gasteiger partial charge is 0.299 e. The molecule has 0 N–H and O–H groups in total. The van der Waals surface area contributed by atoms with Crippen LogP contribution in [0.2, 0.25) is 0 Å². The third kappa shape index (κ3) is 5.37. The molecule has 3 heterocycles. The Bertz CT molecular complexity index is 3010. The molecule has 54 heavy (non-hydrogen) atoms. The first-order valence-corrected chi connectivity index (χ1v) is 19.2. The summed E-state index contributed by atoms with van der Waals surface area (Å²) >= 11 is 0. The van der Waals surface area contributed by atoms with Crippen LogP contribution in [-0.2, 0) is 13.4 Å². The molecule has 9 aromatic rings. The van der Waals surface area contributed by atoms with Gasteiger partial charge in [-0.25, -0.2) is 4.57 Å². The average Bonchev–Trinajstić information content (AvgIpc) is 3.82. The first-order chi connectivity index (χ1) is 26.7. The van der Waals surface area contributed by atoms with Crippen LogP contribution in [0.25, 0.3) is 83.1 Å². The second-order valence-corrected chi connectivity index (χ2v) is 16.6. The van der Waals surface area contributed by atoms with Crippen molar-refractivity contribution < 1.29 is 16.1 Å². The topological polar surface area (TPSA) is 35.1 Å². The zero-order valence-corrected chi connectivity index (χ0v) is 32.8. The number of hydrogen-bond donors (Lipinski definition) is 0. The Hall–Kier alpha value is -5.61. The largest absolute Gasteiger partial charge is 0.456 e. The molecule has 9 rings (SSSR count). The Morgan fingerprint density at radius 2 is 1.35 bits per heavy atom. The number of aryl methyl sites for hydroxylation is 2. The van der Waals surface area contributed by atoms with Crippen molar-refractivity contribution in [2.45, 2.75) is 73.6 Å². The van der Waals surface area contributed by atoms with Crippen LogP contribution < -0.4 is 4.57 Å². The first kappa shape index (κ1) is 31.9. The molecule has 0 bridgehead atoms. The average molecular weight is 712 g/mol. The van der Waals surface area contributed by atoms with Gasteiger partial charge in [-0.15, -0.1) is 0 Å². The van der Waals surface area contributed by atoms with E-state index >= 15 is 0 Å². The summed E-state index contributed by atoms with van der Waals surface area (Å²) in [6.45, 7) is 17.1. The van der Waals surface area contributed by atoms with E-state index in [1.54, 1.807) is 0 Å². The predicted molar refractivity (Wildman–Crippen MR) is 226 cm³/mol. The van der Waals surface area contributed by atoms with E-state index in [0.717, 1.165) is 88.7 Å². The van der Waals surface area contributed by atoms with Gasteiger partial charge >= 0.3 is 0 Å². The summed E-state index contributed by atoms with van der Waals surface area (Å²) in [5.41, 5.74) is 13.5. The molecule has 0 aliphatic heterocycles. The van der Waals surface area contributed by atoms with E-state index in [2.05, 4.69) is 142 Å². The Labute approximate surface area is 320 Å². The predicted octanol–water partition coefficient (Wildman–Crippen LogP) is 13.7. The lowest BCUT2D eigenvalue weighted by Gasteiger charge is -2.19. The molecule has 0 saturated carbocycles. The van der Waals surface area contributed by atoms with Gasteiger partial charge in [-0.3, -0.25) is 0 Å². The Kier molecular flexibility index (Phi) is 7.37. The summed E-state index contributed by atoms with van der Waals surface area (Å²) in [4.78, 5) is 0. The molecule has 4 heteroatoms. The molecular weight excluding hydrogens is 661 g/mol. The van der Waals surface area contributed by atoms with Crippen molar-refractivity contribution in [3.05, 3.63) is 131 Å². The highest BCUT2D eigenvalue weighted by molar-refractivity contribution is 6.11. The van der Waals surface area contributed by atoms with Gasteiger partial charge in [0.15, 0.2) is 16.6 Å². The summed E-state index contributed by atoms with van der Waals surface area (Å²) in [6.07, 6.45) is -1.54. The third-order valence-electron chi connectivity index (χ3n) is 10.9. The SMILES string of the molecule is [2H]C([2H])(c1ccc2c(c1)oc1c(C(C)C)c(-n3c(-c4c(C)ccc5c4oc4cc(-c6ccccc6)ccc45)[n+](C)c4ccccc43)c(C(C)C)cc12)C(C)(C)C. The van der Waals surface area contributed by atoms with Crippen LogP contribution in [0.5, 0.6) is 0 Å². The molecule has 4 nitrogen and oxygen atoms in total. The summed E-state index contributed by atoms with van der Waals surface area (Å²) in [5.74, 6) is 1.33. The fourth-order valence-corrected chi connectivity index (χ4v) is 8.53. The number of para-hydroxylation sites is 2. The van der Waals surface area contributed by atoms with Crippen LogP contribution in [0, 0.1) is 12.3 Å². The van der Waals surface area contributed by atoms with E-state index in [1.807, 2.05) is 39.0 Å². The van der Waals surface area contributed by atoms with Crippen LogP contribution in [0.15, 0.2) is 118 Å². The van der Waals surface area contributed by atoms with E-state index in [9.17, 15) is 0 Å². The van der Waals surface area contributed by atoms with Crippen molar-refractivity contribution in [1.29, 1.82) is 0 Å². The zero-order valence-electron chi connectivity index (χ0n) is 34.8. The molecule has 0 radical (unpaired) electrons. The monoisotopic (exact) mass is 711 g/mol. The van der Waals surface area contributed by atoms with Crippen molar-refractivity contribution in [3.8, 4) is 28.2 Å². The summed E-state index contributed by atoms with van der Waals surface area (Å²) in [6, 6.07) is 38.3. The van der Waals surface area contributed by atoms with Gasteiger partial charge in [-0.05, 0) is 89.2 Å². The molecule has 270 valence electrons. The van der Waals surface area contributed by atoms with Gasteiger partial charge in [0.2, 0.25) is 0 Å². The maximum absolute atomic E-state index is 9.03. The second-order valence-electron chi connectivity index (χ2n) is 16.6. The van der Waals surface area contributed by atoms with E-state index in [1.165, 1.54) is 5.56 Å². The standard InChI is InChI=1S/C50H49N2O2/c1-29(2)38-27-39-36-23-20-32(28-50(6,7)8)25-42(36)53-48(39)44(30(3)4)46(38)52-41-18-14-13-17-40(41)51(9)49(52)45-31(5)19-22-37-35-24-21-34(26-43(35)54-47(37)45)33-15-11-10-12-16-33/h10-27,29-30H,28H2,1-9H3/q+1/i28D2. The highest BCUT2D eigenvalue weighted by Crippen LogP contribution is 2.46. The maximum Gasteiger partial charge on any atom is 0.299 e. The number of rotatable bonds is 6. The van der Waals surface area contributed by atoms with Crippen LogP contribution in [0.1, 0.15) is 85.3 Å². The minimum Gasteiger partial charge on any atom is -0.456 e. The summed E-state index contributed by atoms with van der Waals surface area (Å²) < 4.78 is 36.7. The highest BCUT2D eigenvalue weighted by atomic mass is 16.3. The molecule has 0 aliphatic rings. The Morgan fingerprint density at radius 1 is 0.685 bits per heavy atom. The van der Waals surface area contributed by atoms with Gasteiger partial charge in [-0.1, -0.05) is 121 Å². The van der Waals surface area contributed by atoms with Crippen molar-refractivity contribution in [2.24, 2.45) is 12.5 Å². The molecule has 0 fully saturated rings. The summed E-state index contributed by atoms with van der Waals surface area (Å²) in [5, 5.41) is 4.25. The lowest BCUT2D eigenvalue weighted by molar-refractivity contribution is -0.633. The van der Waals surface area contributed by atoms with Gasteiger partial charge in [-0.2, -0.15) is 4.57 Å². The number of nitrogens with zero attached hydrogens (tertiary/aromatic N) is 2. The lowest BCUT2D eigenvalue weighted by Crippen LogP contribution is -2.30. The molecule has 0 aliphatic carbocycles. The van der Waals surface area contributed by atoms with Gasteiger partial charge in [0.25, 0.3) is 5.82 Å². The Balaban J connectivity index is 1.38. The molecular formula is C50H49N2O2+. The highest BCUT2D eigenvalue weighted by Gasteiger charge is 2.35. The van der Waals surface area contributed by atoms with Crippen LogP contribution >= 0.6 is 0 Å². The summed E-state index contributed by atoms with van der Waals surface area (Å²) in [7, 11) is 2.16. The lowest BCUT2D eigenvalue weighted by atomic mass is 9.87. The van der Waals surface area contributed by atoms with Gasteiger partial charge in [0.05, 0.1) is 7.05 Å². The van der Waals surface area contributed by atoms with E-state index in [-0.39, 0.29) is 11.8 Å². The van der Waals surface area contributed by atoms with Crippen molar-refractivity contribution in [2.75, 3.05) is 0 Å². The normalized spacial score (nSPS) is 13.4. The number of furan rings is 2. The zero-order chi connectivity index (χ0) is 39.4. The minimum atomic E-state index is -1.54. The van der Waals surface area contributed by atoms with Crippen molar-refractivity contribution in [1.82, 2.24) is 4.57 Å². The first-order valence-electron chi connectivity index (χ1n) is 20.2. The van der Waals surface area contributed by atoms with E-state index in [4.69, 9.17) is 11.6 Å². The molecule has 0 amide bonds. The molecule has 3 aromatic heterocycles. The van der Waals surface area contributed by atoms with Crippen LogP contribution in [0.3, 0.4) is 0 Å². The van der Waals surface area contributed by atoms with Crippen LogP contribution in [0.4, 0.5) is 0 Å². The van der Waals surface area contributed by atoms with E-state index in [0.29, 0.717) is 11.1 Å². The molecule has 0 spiro atoms. The number of aromatic nitrogens is 2.